The third-order valence-corrected chi connectivity index (χ3v) is 2.80. The van der Waals surface area contributed by atoms with E-state index in [1.54, 1.807) is 11.0 Å². The van der Waals surface area contributed by atoms with Gasteiger partial charge in [0.25, 0.3) is 0 Å². The van der Waals surface area contributed by atoms with Crippen molar-refractivity contribution in [2.45, 2.75) is 13.8 Å². The first-order valence-electron chi connectivity index (χ1n) is 6.35. The predicted octanol–water partition coefficient (Wildman–Crippen LogP) is 1.35. The van der Waals surface area contributed by atoms with Gasteiger partial charge in [-0.05, 0) is 31.2 Å². The standard InChI is InChI=1S/C14H20N2O4/c1-4-16(9-14(18)19)8-13(17)15-11-7-10(2)5-6-12(11)20-3/h5-7H,4,8-9H2,1-3H3,(H,15,17)(H,18,19). The molecule has 0 aliphatic rings. The summed E-state index contributed by atoms with van der Waals surface area (Å²) in [6.45, 7) is 4.08. The number of carbonyl (C=O) groups is 2. The van der Waals surface area contributed by atoms with Crippen LogP contribution >= 0.6 is 0 Å². The Balaban J connectivity index is 2.70. The van der Waals surface area contributed by atoms with E-state index in [9.17, 15) is 9.59 Å². The summed E-state index contributed by atoms with van der Waals surface area (Å²) < 4.78 is 5.17. The molecule has 0 aliphatic heterocycles. The number of carbonyl (C=O) groups excluding carboxylic acids is 1. The van der Waals surface area contributed by atoms with Crippen molar-refractivity contribution in [2.24, 2.45) is 0 Å². The average Bonchev–Trinajstić information content (AvgIpc) is 2.37. The third kappa shape index (κ3) is 4.89. The highest BCUT2D eigenvalue weighted by Gasteiger charge is 2.14. The molecule has 0 bridgehead atoms. The number of ether oxygens (including phenoxy) is 1. The van der Waals surface area contributed by atoms with E-state index in [1.807, 2.05) is 26.0 Å². The predicted molar refractivity (Wildman–Crippen MR) is 76.1 cm³/mol. The molecule has 1 amide bonds. The van der Waals surface area contributed by atoms with Crippen LogP contribution in [0.4, 0.5) is 5.69 Å². The van der Waals surface area contributed by atoms with Gasteiger partial charge in [-0.3, -0.25) is 14.5 Å². The van der Waals surface area contributed by atoms with Crippen LogP contribution in [0.2, 0.25) is 0 Å². The number of methoxy groups -OCH3 is 1. The van der Waals surface area contributed by atoms with Gasteiger partial charge in [0.15, 0.2) is 0 Å². The highest BCUT2D eigenvalue weighted by molar-refractivity contribution is 5.94. The molecule has 0 heterocycles. The second kappa shape index (κ2) is 7.49. The van der Waals surface area contributed by atoms with E-state index < -0.39 is 5.97 Å². The van der Waals surface area contributed by atoms with Gasteiger partial charge in [0.1, 0.15) is 5.75 Å². The Morgan fingerprint density at radius 2 is 2.05 bits per heavy atom. The molecule has 2 N–H and O–H groups in total. The van der Waals surface area contributed by atoms with Crippen molar-refractivity contribution >= 4 is 17.6 Å². The minimum absolute atomic E-state index is 0.0277. The molecule has 0 aromatic heterocycles. The van der Waals surface area contributed by atoms with E-state index in [2.05, 4.69) is 5.32 Å². The summed E-state index contributed by atoms with van der Waals surface area (Å²) in [5.41, 5.74) is 1.59. The van der Waals surface area contributed by atoms with Crippen molar-refractivity contribution in [3.63, 3.8) is 0 Å². The number of rotatable bonds is 7. The quantitative estimate of drug-likeness (QED) is 0.788. The van der Waals surface area contributed by atoms with Gasteiger partial charge in [-0.2, -0.15) is 0 Å². The molecule has 0 spiro atoms. The van der Waals surface area contributed by atoms with Crippen LogP contribution in [0.1, 0.15) is 12.5 Å². The van der Waals surface area contributed by atoms with Crippen LogP contribution in [-0.4, -0.2) is 48.6 Å². The number of likely N-dealkylation sites (N-methyl/N-ethyl adjacent to an activating group) is 1. The molecule has 0 aliphatic carbocycles. The monoisotopic (exact) mass is 280 g/mol. The second-order valence-corrected chi connectivity index (χ2v) is 4.45. The smallest absolute Gasteiger partial charge is 0.317 e. The molecule has 6 heteroatoms. The molecule has 0 saturated carbocycles. The number of carboxylic acids is 1. The minimum Gasteiger partial charge on any atom is -0.495 e. The topological polar surface area (TPSA) is 78.9 Å². The number of hydrogen-bond acceptors (Lipinski definition) is 4. The molecule has 1 rings (SSSR count). The van der Waals surface area contributed by atoms with E-state index in [0.717, 1.165) is 5.56 Å². The highest BCUT2D eigenvalue weighted by atomic mass is 16.5. The number of carboxylic acid groups (broad SMARTS) is 1. The Morgan fingerprint density at radius 3 is 2.60 bits per heavy atom. The van der Waals surface area contributed by atoms with Crippen molar-refractivity contribution in [1.82, 2.24) is 4.90 Å². The Bertz CT molecular complexity index is 488. The Kier molecular flexibility index (Phi) is 5.99. The van der Waals surface area contributed by atoms with Gasteiger partial charge in [-0.25, -0.2) is 0 Å². The Labute approximate surface area is 118 Å². The van der Waals surface area contributed by atoms with Crippen LogP contribution < -0.4 is 10.1 Å². The summed E-state index contributed by atoms with van der Waals surface area (Å²) in [4.78, 5) is 24.1. The summed E-state index contributed by atoms with van der Waals surface area (Å²) in [5, 5.41) is 11.5. The number of nitrogens with zero attached hydrogens (tertiary/aromatic N) is 1. The van der Waals surface area contributed by atoms with Gasteiger partial charge < -0.3 is 15.2 Å². The van der Waals surface area contributed by atoms with Crippen LogP contribution in [0.25, 0.3) is 0 Å². The molecule has 0 saturated heterocycles. The molecular weight excluding hydrogens is 260 g/mol. The molecule has 0 unspecified atom stereocenters. The zero-order valence-corrected chi connectivity index (χ0v) is 12.0. The number of amides is 1. The fourth-order valence-corrected chi connectivity index (χ4v) is 1.78. The summed E-state index contributed by atoms with van der Waals surface area (Å²) in [5.74, 6) is -0.644. The van der Waals surface area contributed by atoms with Gasteiger partial charge in [0.2, 0.25) is 5.91 Å². The van der Waals surface area contributed by atoms with Gasteiger partial charge in [0.05, 0.1) is 25.9 Å². The molecule has 0 fully saturated rings. The van der Waals surface area contributed by atoms with E-state index in [0.29, 0.717) is 18.0 Å². The molecule has 6 nitrogen and oxygen atoms in total. The normalized spacial score (nSPS) is 10.4. The van der Waals surface area contributed by atoms with E-state index in [-0.39, 0.29) is 19.0 Å². The highest BCUT2D eigenvalue weighted by Crippen LogP contribution is 2.25. The van der Waals surface area contributed by atoms with Crippen LogP contribution in [-0.2, 0) is 9.59 Å². The van der Waals surface area contributed by atoms with Crippen LogP contribution in [0, 0.1) is 6.92 Å². The van der Waals surface area contributed by atoms with Crippen LogP contribution in [0.5, 0.6) is 5.75 Å². The number of aryl methyl sites for hydroxylation is 1. The van der Waals surface area contributed by atoms with Crippen molar-refractivity contribution in [1.29, 1.82) is 0 Å². The second-order valence-electron chi connectivity index (χ2n) is 4.45. The summed E-state index contributed by atoms with van der Waals surface area (Å²) >= 11 is 0. The summed E-state index contributed by atoms with van der Waals surface area (Å²) in [6, 6.07) is 5.47. The zero-order valence-electron chi connectivity index (χ0n) is 12.0. The molecular formula is C14H20N2O4. The summed E-state index contributed by atoms with van der Waals surface area (Å²) in [6.07, 6.45) is 0. The van der Waals surface area contributed by atoms with Gasteiger partial charge in [-0.1, -0.05) is 13.0 Å². The first-order valence-corrected chi connectivity index (χ1v) is 6.35. The lowest BCUT2D eigenvalue weighted by Gasteiger charge is -2.18. The molecule has 0 radical (unpaired) electrons. The van der Waals surface area contributed by atoms with Crippen molar-refractivity contribution in [3.8, 4) is 5.75 Å². The maximum Gasteiger partial charge on any atom is 0.317 e. The number of benzene rings is 1. The lowest BCUT2D eigenvalue weighted by atomic mass is 10.2. The van der Waals surface area contributed by atoms with E-state index in [1.165, 1.54) is 7.11 Å². The summed E-state index contributed by atoms with van der Waals surface area (Å²) in [7, 11) is 1.53. The number of anilines is 1. The SMILES string of the molecule is CCN(CC(=O)O)CC(=O)Nc1cc(C)ccc1OC. The zero-order chi connectivity index (χ0) is 15.1. The minimum atomic E-state index is -0.951. The van der Waals surface area contributed by atoms with E-state index in [4.69, 9.17) is 9.84 Å². The van der Waals surface area contributed by atoms with Crippen LogP contribution in [0.3, 0.4) is 0 Å². The number of nitrogens with one attached hydrogen (secondary N) is 1. The van der Waals surface area contributed by atoms with Crippen LogP contribution in [0.15, 0.2) is 18.2 Å². The first kappa shape index (κ1) is 16.0. The first-order chi connectivity index (χ1) is 9.46. The number of aliphatic carboxylic acids is 1. The molecule has 0 atom stereocenters. The van der Waals surface area contributed by atoms with Crippen molar-refractivity contribution < 1.29 is 19.4 Å². The Hall–Kier alpha value is -2.08. The Morgan fingerprint density at radius 1 is 1.35 bits per heavy atom. The van der Waals surface area contributed by atoms with Gasteiger partial charge in [-0.15, -0.1) is 0 Å². The van der Waals surface area contributed by atoms with Gasteiger partial charge in [0, 0.05) is 0 Å². The van der Waals surface area contributed by atoms with Gasteiger partial charge >= 0.3 is 5.97 Å². The maximum absolute atomic E-state index is 11.9. The molecule has 1 aromatic carbocycles. The lowest BCUT2D eigenvalue weighted by molar-refractivity contribution is -0.138. The average molecular weight is 280 g/mol. The van der Waals surface area contributed by atoms with E-state index >= 15 is 0 Å². The molecule has 1 aromatic rings. The third-order valence-electron chi connectivity index (χ3n) is 2.80. The fourth-order valence-electron chi connectivity index (χ4n) is 1.78. The van der Waals surface area contributed by atoms with Crippen molar-refractivity contribution in [2.75, 3.05) is 32.1 Å². The lowest BCUT2D eigenvalue weighted by Crippen LogP contribution is -2.36. The molecule has 20 heavy (non-hydrogen) atoms. The fraction of sp³-hybridized carbons (Fsp3) is 0.429. The maximum atomic E-state index is 11.9. The largest absolute Gasteiger partial charge is 0.495 e. The number of hydrogen-bond donors (Lipinski definition) is 2. The molecule has 110 valence electrons. The van der Waals surface area contributed by atoms with Crippen molar-refractivity contribution in [3.05, 3.63) is 23.8 Å².